The maximum atomic E-state index is 4.62. The normalized spacial score (nSPS) is 16.4. The first kappa shape index (κ1) is 19.4. The monoisotopic (exact) mass is 368 g/mol. The van der Waals surface area contributed by atoms with Crippen molar-refractivity contribution in [2.75, 3.05) is 33.2 Å². The van der Waals surface area contributed by atoms with Gasteiger partial charge in [0.2, 0.25) is 0 Å². The molecule has 0 radical (unpaired) electrons. The zero-order valence-electron chi connectivity index (χ0n) is 16.6. The average Bonchev–Trinajstić information content (AvgIpc) is 3.18. The fraction of sp³-hybridized carbons (Fsp3) is 0.524. The van der Waals surface area contributed by atoms with Gasteiger partial charge in [-0.1, -0.05) is 25.1 Å². The molecule has 0 aliphatic carbocycles. The number of hydrogen-bond donors (Lipinski definition) is 2. The number of aromatic nitrogens is 2. The first-order valence-corrected chi connectivity index (χ1v) is 10.0. The quantitative estimate of drug-likeness (QED) is 0.448. The lowest BCUT2D eigenvalue weighted by Crippen LogP contribution is -2.39. The lowest BCUT2D eigenvalue weighted by atomic mass is 9.99. The van der Waals surface area contributed by atoms with E-state index in [2.05, 4.69) is 32.5 Å². The standard InChI is InChI=1S/C21H32N6/c1-18-9-14-26(15-10-18)13-6-12-23-21(22-2)24-17-19-11-16-27(25-19)20-7-4-3-5-8-20/h3-5,7-8,11,16,18H,6,9-10,12-15,17H2,1-2H3,(H2,22,23,24). The molecule has 1 aliphatic rings. The Kier molecular flexibility index (Phi) is 7.27. The van der Waals surface area contributed by atoms with E-state index in [1.807, 2.05) is 54.3 Å². The van der Waals surface area contributed by atoms with Crippen LogP contribution in [0.4, 0.5) is 0 Å². The second-order valence-electron chi connectivity index (χ2n) is 7.32. The molecule has 1 aromatic carbocycles. The minimum absolute atomic E-state index is 0.656. The number of benzene rings is 1. The van der Waals surface area contributed by atoms with E-state index in [-0.39, 0.29) is 0 Å². The molecule has 3 rings (SSSR count). The summed E-state index contributed by atoms with van der Waals surface area (Å²) in [4.78, 5) is 6.89. The summed E-state index contributed by atoms with van der Waals surface area (Å²) < 4.78 is 1.90. The molecule has 0 amide bonds. The summed E-state index contributed by atoms with van der Waals surface area (Å²) in [7, 11) is 1.81. The Balaban J connectivity index is 1.36. The molecular formula is C21H32N6. The van der Waals surface area contributed by atoms with Gasteiger partial charge in [0.1, 0.15) is 0 Å². The molecular weight excluding hydrogens is 336 g/mol. The number of aliphatic imine (C=N–C) groups is 1. The van der Waals surface area contributed by atoms with Crippen LogP contribution in [-0.4, -0.2) is 53.9 Å². The average molecular weight is 369 g/mol. The Hall–Kier alpha value is -2.34. The van der Waals surface area contributed by atoms with E-state index in [9.17, 15) is 0 Å². The highest BCUT2D eigenvalue weighted by atomic mass is 15.3. The first-order chi connectivity index (χ1) is 13.2. The third kappa shape index (κ3) is 6.10. The van der Waals surface area contributed by atoms with E-state index in [4.69, 9.17) is 0 Å². The minimum Gasteiger partial charge on any atom is -0.356 e. The van der Waals surface area contributed by atoms with E-state index < -0.39 is 0 Å². The van der Waals surface area contributed by atoms with Crippen LogP contribution < -0.4 is 10.6 Å². The molecule has 6 heteroatoms. The Morgan fingerprint density at radius 1 is 1.15 bits per heavy atom. The molecule has 2 aromatic rings. The molecule has 2 N–H and O–H groups in total. The Bertz CT molecular complexity index is 700. The summed E-state index contributed by atoms with van der Waals surface area (Å²) in [6, 6.07) is 12.2. The Morgan fingerprint density at radius 2 is 1.93 bits per heavy atom. The topological polar surface area (TPSA) is 57.5 Å². The Labute approximate surface area is 162 Å². The summed E-state index contributed by atoms with van der Waals surface area (Å²) >= 11 is 0. The molecule has 6 nitrogen and oxygen atoms in total. The summed E-state index contributed by atoms with van der Waals surface area (Å²) in [5, 5.41) is 11.4. The minimum atomic E-state index is 0.656. The van der Waals surface area contributed by atoms with Crippen LogP contribution in [0.3, 0.4) is 0 Å². The van der Waals surface area contributed by atoms with Crippen LogP contribution in [0.2, 0.25) is 0 Å². The molecule has 1 aromatic heterocycles. The molecule has 2 heterocycles. The van der Waals surface area contributed by atoms with Gasteiger partial charge in [-0.25, -0.2) is 4.68 Å². The third-order valence-corrected chi connectivity index (χ3v) is 5.15. The van der Waals surface area contributed by atoms with Crippen molar-refractivity contribution in [2.24, 2.45) is 10.9 Å². The second-order valence-corrected chi connectivity index (χ2v) is 7.32. The van der Waals surface area contributed by atoms with Crippen molar-refractivity contribution in [3.63, 3.8) is 0 Å². The van der Waals surface area contributed by atoms with Crippen molar-refractivity contribution in [1.82, 2.24) is 25.3 Å². The van der Waals surface area contributed by atoms with Gasteiger partial charge in [0.25, 0.3) is 0 Å². The lowest BCUT2D eigenvalue weighted by molar-refractivity contribution is 0.191. The van der Waals surface area contributed by atoms with Crippen molar-refractivity contribution >= 4 is 5.96 Å². The van der Waals surface area contributed by atoms with Crippen LogP contribution in [0.15, 0.2) is 47.6 Å². The van der Waals surface area contributed by atoms with Crippen molar-refractivity contribution in [3.8, 4) is 5.69 Å². The van der Waals surface area contributed by atoms with Gasteiger partial charge in [-0.2, -0.15) is 5.10 Å². The Morgan fingerprint density at radius 3 is 2.67 bits per heavy atom. The van der Waals surface area contributed by atoms with Crippen molar-refractivity contribution in [2.45, 2.75) is 32.7 Å². The molecule has 0 unspecified atom stereocenters. The number of nitrogens with one attached hydrogen (secondary N) is 2. The predicted molar refractivity (Wildman–Crippen MR) is 111 cm³/mol. The number of para-hydroxylation sites is 1. The molecule has 1 aliphatic heterocycles. The highest BCUT2D eigenvalue weighted by molar-refractivity contribution is 5.79. The largest absolute Gasteiger partial charge is 0.356 e. The maximum Gasteiger partial charge on any atom is 0.191 e. The summed E-state index contributed by atoms with van der Waals surface area (Å²) in [5.74, 6) is 1.73. The number of likely N-dealkylation sites (tertiary alicyclic amines) is 1. The SMILES string of the molecule is CN=C(NCCCN1CCC(C)CC1)NCc1ccn(-c2ccccc2)n1. The van der Waals surface area contributed by atoms with Crippen LogP contribution in [0.25, 0.3) is 5.69 Å². The van der Waals surface area contributed by atoms with Gasteiger partial charge < -0.3 is 15.5 Å². The van der Waals surface area contributed by atoms with Crippen molar-refractivity contribution in [1.29, 1.82) is 0 Å². The molecule has 146 valence electrons. The van der Waals surface area contributed by atoms with Crippen LogP contribution in [0, 0.1) is 5.92 Å². The number of hydrogen-bond acceptors (Lipinski definition) is 3. The first-order valence-electron chi connectivity index (χ1n) is 10.0. The van der Waals surface area contributed by atoms with Gasteiger partial charge in [0.15, 0.2) is 5.96 Å². The molecule has 27 heavy (non-hydrogen) atoms. The van der Waals surface area contributed by atoms with Crippen LogP contribution in [0.5, 0.6) is 0 Å². The molecule has 0 bridgehead atoms. The lowest BCUT2D eigenvalue weighted by Gasteiger charge is -2.30. The van der Waals surface area contributed by atoms with Crippen molar-refractivity contribution < 1.29 is 0 Å². The van der Waals surface area contributed by atoms with Crippen molar-refractivity contribution in [3.05, 3.63) is 48.3 Å². The van der Waals surface area contributed by atoms with Gasteiger partial charge in [0.05, 0.1) is 17.9 Å². The summed E-state index contributed by atoms with van der Waals surface area (Å²) in [5.41, 5.74) is 2.06. The molecule has 0 atom stereocenters. The third-order valence-electron chi connectivity index (χ3n) is 5.15. The highest BCUT2D eigenvalue weighted by Crippen LogP contribution is 2.15. The van der Waals surface area contributed by atoms with E-state index in [0.717, 1.165) is 42.8 Å². The van der Waals surface area contributed by atoms with E-state index >= 15 is 0 Å². The summed E-state index contributed by atoms with van der Waals surface area (Å²) in [6.45, 7) is 7.61. The smallest absolute Gasteiger partial charge is 0.191 e. The van der Waals surface area contributed by atoms with E-state index in [0.29, 0.717) is 6.54 Å². The predicted octanol–water partition coefficient (Wildman–Crippen LogP) is 2.66. The molecule has 0 saturated carbocycles. The van der Waals surface area contributed by atoms with Gasteiger partial charge in [0, 0.05) is 19.8 Å². The van der Waals surface area contributed by atoms with Crippen LogP contribution >= 0.6 is 0 Å². The van der Waals surface area contributed by atoms with Gasteiger partial charge in [-0.05, 0) is 63.0 Å². The zero-order chi connectivity index (χ0) is 18.9. The van der Waals surface area contributed by atoms with Gasteiger partial charge in [-0.15, -0.1) is 0 Å². The highest BCUT2D eigenvalue weighted by Gasteiger charge is 2.14. The maximum absolute atomic E-state index is 4.62. The van der Waals surface area contributed by atoms with Crippen LogP contribution in [-0.2, 0) is 6.54 Å². The molecule has 1 saturated heterocycles. The molecule has 0 spiro atoms. The fourth-order valence-corrected chi connectivity index (χ4v) is 3.37. The zero-order valence-corrected chi connectivity index (χ0v) is 16.6. The van der Waals surface area contributed by atoms with Gasteiger partial charge in [-0.3, -0.25) is 4.99 Å². The van der Waals surface area contributed by atoms with Gasteiger partial charge >= 0.3 is 0 Å². The van der Waals surface area contributed by atoms with Crippen LogP contribution in [0.1, 0.15) is 31.9 Å². The van der Waals surface area contributed by atoms with E-state index in [1.54, 1.807) is 0 Å². The number of guanidine groups is 1. The number of rotatable bonds is 7. The number of piperidine rings is 1. The number of nitrogens with zero attached hydrogens (tertiary/aromatic N) is 4. The molecule has 1 fully saturated rings. The summed E-state index contributed by atoms with van der Waals surface area (Å²) in [6.07, 6.45) is 5.80. The second kappa shape index (κ2) is 10.1. The van der Waals surface area contributed by atoms with E-state index in [1.165, 1.54) is 25.9 Å². The fourth-order valence-electron chi connectivity index (χ4n) is 3.37.